The number of aliphatic imine (C=N–C) groups is 1. The first-order valence-electron chi connectivity index (χ1n) is 14.4. The minimum absolute atomic E-state index is 0.0446. The van der Waals surface area contributed by atoms with Crippen LogP contribution in [-0.2, 0) is 0 Å². The zero-order chi connectivity index (χ0) is 32.1. The number of carbonyl (C=O) groups is 1. The number of ether oxygens (including phenoxy) is 1. The van der Waals surface area contributed by atoms with Gasteiger partial charge in [0.15, 0.2) is 11.0 Å². The van der Waals surface area contributed by atoms with Gasteiger partial charge in [0.2, 0.25) is 0 Å². The van der Waals surface area contributed by atoms with E-state index >= 15 is 0 Å². The lowest BCUT2D eigenvalue weighted by Crippen LogP contribution is -2.30. The molecule has 2 heterocycles. The minimum atomic E-state index is -4.76. The van der Waals surface area contributed by atoms with Crippen molar-refractivity contribution in [3.05, 3.63) is 90.0 Å². The van der Waals surface area contributed by atoms with Crippen LogP contribution in [0.25, 0.3) is 17.1 Å². The highest BCUT2D eigenvalue weighted by Gasteiger charge is 2.31. The number of amides is 2. The molecule has 236 valence electrons. The van der Waals surface area contributed by atoms with Crippen molar-refractivity contribution < 1.29 is 27.1 Å². The summed E-state index contributed by atoms with van der Waals surface area (Å²) in [6.45, 7) is 7.14. The average Bonchev–Trinajstić information content (AvgIpc) is 3.68. The molecular formula is C32H32F4N6O2S. The number of alkyl halides is 3. The maximum atomic E-state index is 13.9. The number of hydrogen-bond donors (Lipinski definition) is 1. The van der Waals surface area contributed by atoms with Gasteiger partial charge in [-0.1, -0.05) is 56.8 Å². The maximum Gasteiger partial charge on any atom is 0.573 e. The van der Waals surface area contributed by atoms with Crippen molar-refractivity contribution in [2.45, 2.75) is 45.4 Å². The molecular weight excluding hydrogens is 608 g/mol. The Morgan fingerprint density at radius 2 is 1.82 bits per heavy atom. The second-order valence-electron chi connectivity index (χ2n) is 10.7. The second kappa shape index (κ2) is 13.7. The van der Waals surface area contributed by atoms with Gasteiger partial charge < -0.3 is 15.0 Å². The summed E-state index contributed by atoms with van der Waals surface area (Å²) in [6, 6.07) is 17.3. The molecule has 1 aliphatic heterocycles. The molecule has 45 heavy (non-hydrogen) atoms. The predicted octanol–water partition coefficient (Wildman–Crippen LogP) is 7.91. The average molecular weight is 641 g/mol. The molecule has 1 aliphatic rings. The molecule has 1 aromatic heterocycles. The Morgan fingerprint density at radius 1 is 1.09 bits per heavy atom. The Labute approximate surface area is 262 Å². The molecule has 2 amide bonds. The van der Waals surface area contributed by atoms with E-state index < -0.39 is 12.4 Å². The summed E-state index contributed by atoms with van der Waals surface area (Å²) in [5.41, 5.74) is 4.05. The van der Waals surface area contributed by atoms with Gasteiger partial charge in [0.05, 0.1) is 5.69 Å². The number of thioether (sulfide) groups is 1. The third-order valence-electron chi connectivity index (χ3n) is 7.34. The van der Waals surface area contributed by atoms with Crippen molar-refractivity contribution >= 4 is 28.6 Å². The molecule has 1 atom stereocenters. The number of benzene rings is 3. The molecule has 0 aliphatic carbocycles. The van der Waals surface area contributed by atoms with Crippen molar-refractivity contribution in [3.8, 4) is 22.8 Å². The van der Waals surface area contributed by atoms with Gasteiger partial charge in [-0.05, 0) is 65.9 Å². The molecule has 0 spiro atoms. The van der Waals surface area contributed by atoms with Gasteiger partial charge in [0.25, 0.3) is 0 Å². The first kappa shape index (κ1) is 32.0. The molecule has 1 unspecified atom stereocenters. The summed E-state index contributed by atoms with van der Waals surface area (Å²) < 4.78 is 56.6. The van der Waals surface area contributed by atoms with Gasteiger partial charge in [0, 0.05) is 36.0 Å². The van der Waals surface area contributed by atoms with Gasteiger partial charge in [-0.2, -0.15) is 4.99 Å². The fourth-order valence-corrected chi connectivity index (χ4v) is 5.96. The monoisotopic (exact) mass is 640 g/mol. The minimum Gasteiger partial charge on any atom is -0.406 e. The Kier molecular flexibility index (Phi) is 9.76. The van der Waals surface area contributed by atoms with Gasteiger partial charge >= 0.3 is 12.4 Å². The summed E-state index contributed by atoms with van der Waals surface area (Å²) in [6.07, 6.45) is -2.49. The lowest BCUT2D eigenvalue weighted by atomic mass is 9.95. The SMILES string of the molecule is CCC(CNC(=O)N=C1SCCN1c1ccc(F)cc1C(C)C)c1ccc(-c2ncn(-c3ccc(OC(F)(F)F)cc3)n2)cc1. The number of carbonyl (C=O) groups excluding carboxylic acids is 1. The Balaban J connectivity index is 1.21. The molecule has 1 fully saturated rings. The van der Waals surface area contributed by atoms with Crippen LogP contribution in [0.4, 0.5) is 28.0 Å². The number of amidine groups is 1. The van der Waals surface area contributed by atoms with Gasteiger partial charge in [0.1, 0.15) is 17.9 Å². The van der Waals surface area contributed by atoms with Gasteiger partial charge in [-0.3, -0.25) is 0 Å². The van der Waals surface area contributed by atoms with Crippen molar-refractivity contribution in [1.29, 1.82) is 0 Å². The standard InChI is InChI=1S/C32H32F4N6O2S/c1-4-21(18-37-30(43)39-31-41(15-16-45-31)28-14-9-24(33)17-27(28)20(2)3)22-5-7-23(8-6-22)29-38-19-42(40-29)25-10-12-26(13-11-25)44-32(34,35)36/h5-14,17,19-21H,4,15-16,18H2,1-3H3,(H,37,43). The highest BCUT2D eigenvalue weighted by molar-refractivity contribution is 8.14. The molecule has 0 bridgehead atoms. The van der Waals surface area contributed by atoms with E-state index in [1.54, 1.807) is 6.07 Å². The Morgan fingerprint density at radius 3 is 2.49 bits per heavy atom. The van der Waals surface area contributed by atoms with Crippen LogP contribution in [0.2, 0.25) is 0 Å². The van der Waals surface area contributed by atoms with Crippen molar-refractivity contribution in [1.82, 2.24) is 20.1 Å². The number of halogens is 4. The van der Waals surface area contributed by atoms with Crippen LogP contribution in [0.3, 0.4) is 0 Å². The van der Waals surface area contributed by atoms with Crippen molar-refractivity contribution in [2.75, 3.05) is 23.7 Å². The van der Waals surface area contributed by atoms with Crippen LogP contribution in [0.5, 0.6) is 5.75 Å². The third kappa shape index (κ3) is 8.01. The number of aromatic nitrogens is 3. The molecule has 8 nitrogen and oxygen atoms in total. The first-order valence-corrected chi connectivity index (χ1v) is 15.4. The van der Waals surface area contributed by atoms with Crippen LogP contribution < -0.4 is 15.0 Å². The predicted molar refractivity (Wildman–Crippen MR) is 168 cm³/mol. The van der Waals surface area contributed by atoms with E-state index in [0.717, 1.165) is 34.6 Å². The Bertz CT molecular complexity index is 1660. The highest BCUT2D eigenvalue weighted by atomic mass is 32.2. The van der Waals surface area contributed by atoms with E-state index in [0.29, 0.717) is 29.8 Å². The molecule has 13 heteroatoms. The zero-order valence-corrected chi connectivity index (χ0v) is 25.7. The topological polar surface area (TPSA) is 84.6 Å². The largest absolute Gasteiger partial charge is 0.573 e. The lowest BCUT2D eigenvalue weighted by molar-refractivity contribution is -0.274. The normalized spacial score (nSPS) is 15.1. The smallest absolute Gasteiger partial charge is 0.406 e. The Hall–Kier alpha value is -4.39. The van der Waals surface area contributed by atoms with E-state index in [-0.39, 0.29) is 23.4 Å². The molecule has 0 saturated carbocycles. The number of urea groups is 1. The summed E-state index contributed by atoms with van der Waals surface area (Å²) in [5, 5.41) is 7.98. The molecule has 3 aromatic carbocycles. The third-order valence-corrected chi connectivity index (χ3v) is 8.29. The molecule has 4 aromatic rings. The fourth-order valence-electron chi connectivity index (χ4n) is 5.01. The zero-order valence-electron chi connectivity index (χ0n) is 24.9. The van der Waals surface area contributed by atoms with Crippen LogP contribution in [-0.4, -0.2) is 51.2 Å². The number of hydrogen-bond acceptors (Lipinski definition) is 5. The van der Waals surface area contributed by atoms with E-state index in [9.17, 15) is 22.4 Å². The number of anilines is 1. The summed E-state index contributed by atoms with van der Waals surface area (Å²) >= 11 is 1.50. The molecule has 0 radical (unpaired) electrons. The second-order valence-corrected chi connectivity index (χ2v) is 11.8. The van der Waals surface area contributed by atoms with Crippen LogP contribution >= 0.6 is 11.8 Å². The summed E-state index contributed by atoms with van der Waals surface area (Å²) in [5.74, 6) is 0.782. The van der Waals surface area contributed by atoms with E-state index in [1.165, 1.54) is 59.2 Å². The van der Waals surface area contributed by atoms with E-state index in [1.807, 2.05) is 49.9 Å². The van der Waals surface area contributed by atoms with Gasteiger partial charge in [-0.25, -0.2) is 18.9 Å². The first-order chi connectivity index (χ1) is 21.5. The summed E-state index contributed by atoms with van der Waals surface area (Å²) in [7, 11) is 0. The number of nitrogens with zero attached hydrogens (tertiary/aromatic N) is 5. The van der Waals surface area contributed by atoms with E-state index in [2.05, 4.69) is 25.1 Å². The van der Waals surface area contributed by atoms with Crippen molar-refractivity contribution in [3.63, 3.8) is 0 Å². The van der Waals surface area contributed by atoms with Gasteiger partial charge in [-0.15, -0.1) is 18.3 Å². The number of rotatable bonds is 9. The summed E-state index contributed by atoms with van der Waals surface area (Å²) in [4.78, 5) is 23.5. The van der Waals surface area contributed by atoms with Crippen LogP contribution in [0.15, 0.2) is 78.0 Å². The van der Waals surface area contributed by atoms with Crippen LogP contribution in [0.1, 0.15) is 50.2 Å². The van der Waals surface area contributed by atoms with Crippen LogP contribution in [0, 0.1) is 5.82 Å². The quantitative estimate of drug-likeness (QED) is 0.187. The molecule has 5 rings (SSSR count). The number of nitrogens with one attached hydrogen (secondary N) is 1. The molecule has 1 saturated heterocycles. The molecule has 1 N–H and O–H groups in total. The van der Waals surface area contributed by atoms with Crippen molar-refractivity contribution in [2.24, 2.45) is 4.99 Å². The van der Waals surface area contributed by atoms with E-state index in [4.69, 9.17) is 0 Å². The maximum absolute atomic E-state index is 13.9. The lowest BCUT2D eigenvalue weighted by Gasteiger charge is -2.23. The fraction of sp³-hybridized carbons (Fsp3) is 0.312. The highest BCUT2D eigenvalue weighted by Crippen LogP contribution is 2.33.